The predicted molar refractivity (Wildman–Crippen MR) is 79.7 cm³/mol. The average Bonchev–Trinajstić information content (AvgIpc) is 2.46. The average molecular weight is 284 g/mol. The summed E-state index contributed by atoms with van der Waals surface area (Å²) in [6.07, 6.45) is 3.36. The summed E-state index contributed by atoms with van der Waals surface area (Å²) in [6, 6.07) is 0. The van der Waals surface area contributed by atoms with Gasteiger partial charge in [-0.25, -0.2) is 0 Å². The molecule has 1 rings (SSSR count). The van der Waals surface area contributed by atoms with Gasteiger partial charge in [-0.1, -0.05) is 19.0 Å². The van der Waals surface area contributed by atoms with Crippen molar-refractivity contribution in [2.75, 3.05) is 26.7 Å². The molecule has 1 heterocycles. The normalized spacial score (nSPS) is 21.8. The minimum atomic E-state index is -0.894. The lowest BCUT2D eigenvalue weighted by molar-refractivity contribution is -0.128. The monoisotopic (exact) mass is 284 g/mol. The van der Waals surface area contributed by atoms with Gasteiger partial charge in [-0.15, -0.1) is 0 Å². The molecule has 6 nitrogen and oxygen atoms in total. The highest BCUT2D eigenvalue weighted by Gasteiger charge is 2.39. The van der Waals surface area contributed by atoms with Crippen LogP contribution in [0.4, 0.5) is 0 Å². The zero-order valence-corrected chi connectivity index (χ0v) is 12.9. The first-order valence-corrected chi connectivity index (χ1v) is 7.45. The third kappa shape index (κ3) is 3.62. The molecule has 1 saturated heterocycles. The second-order valence-corrected chi connectivity index (χ2v) is 5.75. The van der Waals surface area contributed by atoms with Gasteiger partial charge in [-0.05, 0) is 45.2 Å². The molecule has 1 amide bonds. The van der Waals surface area contributed by atoms with Crippen LogP contribution in [0.3, 0.4) is 0 Å². The van der Waals surface area contributed by atoms with Gasteiger partial charge in [0.1, 0.15) is 5.41 Å². The number of amidine groups is 1. The molecule has 0 aromatic heterocycles. The first-order chi connectivity index (χ1) is 9.50. The Morgan fingerprint density at radius 1 is 1.50 bits per heavy atom. The first kappa shape index (κ1) is 16.8. The van der Waals surface area contributed by atoms with Crippen molar-refractivity contribution in [3.63, 3.8) is 0 Å². The molecule has 1 aliphatic heterocycles. The Bertz CT molecular complexity index is 353. The summed E-state index contributed by atoms with van der Waals surface area (Å²) in [5.74, 6) is 0.350. The van der Waals surface area contributed by atoms with Gasteiger partial charge in [0.25, 0.3) is 0 Å². The molecule has 1 aliphatic rings. The Kier molecular flexibility index (Phi) is 6.26. The van der Waals surface area contributed by atoms with Crippen LogP contribution >= 0.6 is 0 Å². The number of carbonyl (C=O) groups excluding carboxylic acids is 1. The summed E-state index contributed by atoms with van der Waals surface area (Å²) < 4.78 is 0. The van der Waals surface area contributed by atoms with E-state index in [1.807, 2.05) is 13.8 Å². The molecule has 6 heteroatoms. The van der Waals surface area contributed by atoms with Gasteiger partial charge in [0, 0.05) is 13.1 Å². The van der Waals surface area contributed by atoms with Crippen LogP contribution in [0.2, 0.25) is 0 Å². The van der Waals surface area contributed by atoms with Crippen molar-refractivity contribution in [3.05, 3.63) is 0 Å². The van der Waals surface area contributed by atoms with Crippen LogP contribution in [0.5, 0.6) is 0 Å². The summed E-state index contributed by atoms with van der Waals surface area (Å²) in [6.45, 7) is 6.56. The van der Waals surface area contributed by atoms with E-state index in [0.29, 0.717) is 25.3 Å². The van der Waals surface area contributed by atoms with Crippen molar-refractivity contribution in [1.82, 2.24) is 10.2 Å². The van der Waals surface area contributed by atoms with Crippen LogP contribution < -0.4 is 11.1 Å². The molecule has 116 valence electrons. The first-order valence-electron chi connectivity index (χ1n) is 7.45. The van der Waals surface area contributed by atoms with Crippen LogP contribution in [0, 0.1) is 11.3 Å². The third-order valence-electron chi connectivity index (χ3n) is 4.51. The second-order valence-electron chi connectivity index (χ2n) is 5.75. The number of nitrogens with zero attached hydrogens (tertiary/aromatic N) is 2. The van der Waals surface area contributed by atoms with Gasteiger partial charge >= 0.3 is 0 Å². The van der Waals surface area contributed by atoms with Crippen molar-refractivity contribution in [3.8, 4) is 0 Å². The maximum atomic E-state index is 12.5. The number of rotatable bonds is 6. The second kappa shape index (κ2) is 7.47. The van der Waals surface area contributed by atoms with Gasteiger partial charge in [0.15, 0.2) is 5.84 Å². The SMILES string of the molecule is CCC(CC)(C(=O)NCC1CCCN(C)C1)C(N)=NO. The zero-order chi connectivity index (χ0) is 15.2. The minimum absolute atomic E-state index is 0.000706. The van der Waals surface area contributed by atoms with Crippen LogP contribution in [0.1, 0.15) is 39.5 Å². The largest absolute Gasteiger partial charge is 0.409 e. The van der Waals surface area contributed by atoms with Crippen LogP contribution in [0.25, 0.3) is 0 Å². The number of likely N-dealkylation sites (tertiary alicyclic amines) is 1. The summed E-state index contributed by atoms with van der Waals surface area (Å²) in [5.41, 5.74) is 4.84. The lowest BCUT2D eigenvalue weighted by Crippen LogP contribution is -2.51. The Hall–Kier alpha value is -1.30. The van der Waals surface area contributed by atoms with Crippen molar-refractivity contribution in [1.29, 1.82) is 0 Å². The number of amides is 1. The van der Waals surface area contributed by atoms with E-state index in [9.17, 15) is 4.79 Å². The van der Waals surface area contributed by atoms with E-state index < -0.39 is 5.41 Å². The molecule has 0 aliphatic carbocycles. The van der Waals surface area contributed by atoms with Crippen LogP contribution in [-0.2, 0) is 4.79 Å². The smallest absolute Gasteiger partial charge is 0.233 e. The predicted octanol–water partition coefficient (Wildman–Crippen LogP) is 0.997. The highest BCUT2D eigenvalue weighted by Crippen LogP contribution is 2.27. The number of oxime groups is 1. The maximum absolute atomic E-state index is 12.5. The highest BCUT2D eigenvalue weighted by molar-refractivity contribution is 6.06. The van der Waals surface area contributed by atoms with E-state index in [-0.39, 0.29) is 11.7 Å². The van der Waals surface area contributed by atoms with E-state index in [2.05, 4.69) is 22.4 Å². The lowest BCUT2D eigenvalue weighted by atomic mass is 9.80. The Morgan fingerprint density at radius 2 is 2.15 bits per heavy atom. The summed E-state index contributed by atoms with van der Waals surface area (Å²) in [5, 5.41) is 15.0. The van der Waals surface area contributed by atoms with E-state index in [4.69, 9.17) is 10.9 Å². The van der Waals surface area contributed by atoms with Gasteiger partial charge in [0.2, 0.25) is 5.91 Å². The molecule has 4 N–H and O–H groups in total. The molecule has 0 spiro atoms. The van der Waals surface area contributed by atoms with Crippen molar-refractivity contribution in [2.24, 2.45) is 22.2 Å². The molecule has 0 aromatic carbocycles. The fourth-order valence-corrected chi connectivity index (χ4v) is 2.99. The van der Waals surface area contributed by atoms with Crippen molar-refractivity contribution in [2.45, 2.75) is 39.5 Å². The van der Waals surface area contributed by atoms with E-state index >= 15 is 0 Å². The molecular formula is C14H28N4O2. The highest BCUT2D eigenvalue weighted by atomic mass is 16.4. The lowest BCUT2D eigenvalue weighted by Gasteiger charge is -2.32. The standard InChI is InChI=1S/C14H28N4O2/c1-4-14(5-2,12(15)17-20)13(19)16-9-11-7-6-8-18(3)10-11/h11,20H,4-10H2,1-3H3,(H2,15,17)(H,16,19). The molecule has 0 aromatic rings. The molecule has 20 heavy (non-hydrogen) atoms. The number of piperidine rings is 1. The van der Waals surface area contributed by atoms with Gasteiger partial charge in [-0.3, -0.25) is 4.79 Å². The fourth-order valence-electron chi connectivity index (χ4n) is 2.99. The van der Waals surface area contributed by atoms with Crippen molar-refractivity contribution >= 4 is 11.7 Å². The van der Waals surface area contributed by atoms with E-state index in [1.165, 1.54) is 6.42 Å². The van der Waals surface area contributed by atoms with Gasteiger partial charge in [-0.2, -0.15) is 0 Å². The molecule has 0 bridgehead atoms. The Morgan fingerprint density at radius 3 is 2.65 bits per heavy atom. The number of nitrogens with two attached hydrogens (primary N) is 1. The van der Waals surface area contributed by atoms with Gasteiger partial charge in [0.05, 0.1) is 0 Å². The summed E-state index contributed by atoms with van der Waals surface area (Å²) in [7, 11) is 2.10. The Balaban J connectivity index is 2.63. The van der Waals surface area contributed by atoms with E-state index in [0.717, 1.165) is 19.5 Å². The number of hydrogen-bond donors (Lipinski definition) is 3. The summed E-state index contributed by atoms with van der Waals surface area (Å²) in [4.78, 5) is 14.7. The third-order valence-corrected chi connectivity index (χ3v) is 4.51. The molecule has 1 atom stereocenters. The molecule has 1 unspecified atom stereocenters. The molecular weight excluding hydrogens is 256 g/mol. The number of nitrogens with one attached hydrogen (secondary N) is 1. The zero-order valence-electron chi connectivity index (χ0n) is 12.9. The summed E-state index contributed by atoms with van der Waals surface area (Å²) >= 11 is 0. The van der Waals surface area contributed by atoms with Crippen LogP contribution in [0.15, 0.2) is 5.16 Å². The molecule has 0 radical (unpaired) electrons. The molecule has 1 fully saturated rings. The quantitative estimate of drug-likeness (QED) is 0.294. The fraction of sp³-hybridized carbons (Fsp3) is 0.857. The topological polar surface area (TPSA) is 91.0 Å². The van der Waals surface area contributed by atoms with Crippen molar-refractivity contribution < 1.29 is 10.0 Å². The molecule has 0 saturated carbocycles. The maximum Gasteiger partial charge on any atom is 0.233 e. The van der Waals surface area contributed by atoms with E-state index in [1.54, 1.807) is 0 Å². The minimum Gasteiger partial charge on any atom is -0.409 e. The number of carbonyl (C=O) groups is 1. The number of hydrogen-bond acceptors (Lipinski definition) is 4. The Labute approximate surface area is 121 Å². The van der Waals surface area contributed by atoms with Gasteiger partial charge < -0.3 is 21.2 Å². The van der Waals surface area contributed by atoms with Crippen LogP contribution in [-0.4, -0.2) is 48.5 Å².